The standard InChI is InChI=1S/C15H22N2O/c1-18-11-12-6-8-17(10-12)15-4-2-3-13-9-16-7-5-14(13)15/h2-4,12,16H,5-11H2,1H3. The van der Waals surface area contributed by atoms with Gasteiger partial charge in [0.2, 0.25) is 0 Å². The molecule has 98 valence electrons. The number of anilines is 1. The molecule has 1 atom stereocenters. The minimum absolute atomic E-state index is 0.701. The van der Waals surface area contributed by atoms with Crippen LogP contribution in [0.1, 0.15) is 17.5 Å². The van der Waals surface area contributed by atoms with Gasteiger partial charge in [-0.2, -0.15) is 0 Å². The third-order valence-corrected chi connectivity index (χ3v) is 4.14. The van der Waals surface area contributed by atoms with Crippen LogP contribution in [0.25, 0.3) is 0 Å². The van der Waals surface area contributed by atoms with Gasteiger partial charge in [-0.15, -0.1) is 0 Å². The molecule has 0 aromatic heterocycles. The van der Waals surface area contributed by atoms with Gasteiger partial charge in [-0.25, -0.2) is 0 Å². The van der Waals surface area contributed by atoms with E-state index in [0.717, 1.165) is 32.7 Å². The minimum Gasteiger partial charge on any atom is -0.384 e. The smallest absolute Gasteiger partial charge is 0.0508 e. The molecular weight excluding hydrogens is 224 g/mol. The maximum atomic E-state index is 5.29. The third kappa shape index (κ3) is 2.25. The quantitative estimate of drug-likeness (QED) is 0.880. The highest BCUT2D eigenvalue weighted by molar-refractivity contribution is 5.58. The van der Waals surface area contributed by atoms with E-state index < -0.39 is 0 Å². The van der Waals surface area contributed by atoms with Crippen LogP contribution in [0.3, 0.4) is 0 Å². The summed E-state index contributed by atoms with van der Waals surface area (Å²) in [5.74, 6) is 0.701. The average molecular weight is 246 g/mol. The molecular formula is C15H22N2O. The van der Waals surface area contributed by atoms with Crippen molar-refractivity contribution in [1.82, 2.24) is 5.32 Å². The molecule has 1 aromatic rings. The van der Waals surface area contributed by atoms with Crippen LogP contribution in [-0.2, 0) is 17.7 Å². The van der Waals surface area contributed by atoms with Crippen molar-refractivity contribution in [1.29, 1.82) is 0 Å². The summed E-state index contributed by atoms with van der Waals surface area (Å²) in [4.78, 5) is 2.55. The van der Waals surface area contributed by atoms with Crippen LogP contribution in [0, 0.1) is 5.92 Å². The highest BCUT2D eigenvalue weighted by atomic mass is 16.5. The van der Waals surface area contributed by atoms with E-state index in [2.05, 4.69) is 28.4 Å². The number of nitrogens with one attached hydrogen (secondary N) is 1. The molecule has 18 heavy (non-hydrogen) atoms. The molecule has 3 nitrogen and oxygen atoms in total. The average Bonchev–Trinajstić information content (AvgIpc) is 2.87. The van der Waals surface area contributed by atoms with Crippen LogP contribution in [0.4, 0.5) is 5.69 Å². The fourth-order valence-electron chi connectivity index (χ4n) is 3.23. The van der Waals surface area contributed by atoms with Crippen molar-refractivity contribution in [2.45, 2.75) is 19.4 Å². The molecule has 1 aromatic carbocycles. The van der Waals surface area contributed by atoms with Gasteiger partial charge in [-0.3, -0.25) is 0 Å². The number of nitrogens with zero attached hydrogens (tertiary/aromatic N) is 1. The molecule has 3 heteroatoms. The Morgan fingerprint density at radius 2 is 2.39 bits per heavy atom. The molecule has 3 rings (SSSR count). The van der Waals surface area contributed by atoms with Gasteiger partial charge < -0.3 is 15.0 Å². The molecule has 0 radical (unpaired) electrons. The van der Waals surface area contributed by atoms with Crippen molar-refractivity contribution in [3.05, 3.63) is 29.3 Å². The zero-order valence-corrected chi connectivity index (χ0v) is 11.1. The lowest BCUT2D eigenvalue weighted by Gasteiger charge is -2.26. The van der Waals surface area contributed by atoms with E-state index >= 15 is 0 Å². The molecule has 1 N–H and O–H groups in total. The highest BCUT2D eigenvalue weighted by Crippen LogP contribution is 2.30. The minimum atomic E-state index is 0.701. The van der Waals surface area contributed by atoms with E-state index in [-0.39, 0.29) is 0 Å². The topological polar surface area (TPSA) is 24.5 Å². The van der Waals surface area contributed by atoms with Crippen molar-refractivity contribution in [3.63, 3.8) is 0 Å². The second-order valence-electron chi connectivity index (χ2n) is 5.40. The first kappa shape index (κ1) is 12.0. The van der Waals surface area contributed by atoms with Crippen molar-refractivity contribution >= 4 is 5.69 Å². The van der Waals surface area contributed by atoms with Crippen LogP contribution in [-0.4, -0.2) is 33.4 Å². The van der Waals surface area contributed by atoms with Gasteiger partial charge in [0.05, 0.1) is 6.61 Å². The zero-order valence-electron chi connectivity index (χ0n) is 11.1. The molecule has 1 unspecified atom stereocenters. The first-order valence-electron chi connectivity index (χ1n) is 6.94. The van der Waals surface area contributed by atoms with E-state index in [9.17, 15) is 0 Å². The Labute approximate surface area is 109 Å². The number of hydrogen-bond donors (Lipinski definition) is 1. The second-order valence-corrected chi connectivity index (χ2v) is 5.40. The van der Waals surface area contributed by atoms with Gasteiger partial charge >= 0.3 is 0 Å². The summed E-state index contributed by atoms with van der Waals surface area (Å²) in [6.45, 7) is 5.36. The first-order valence-corrected chi connectivity index (χ1v) is 6.94. The van der Waals surface area contributed by atoms with Gasteiger partial charge in [0.15, 0.2) is 0 Å². The molecule has 0 aliphatic carbocycles. The summed E-state index contributed by atoms with van der Waals surface area (Å²) in [6.07, 6.45) is 2.42. The Morgan fingerprint density at radius 1 is 1.44 bits per heavy atom. The van der Waals surface area contributed by atoms with Gasteiger partial charge in [-0.05, 0) is 36.6 Å². The van der Waals surface area contributed by atoms with Crippen molar-refractivity contribution in [2.24, 2.45) is 5.92 Å². The lowest BCUT2D eigenvalue weighted by Crippen LogP contribution is -2.28. The Morgan fingerprint density at radius 3 is 3.28 bits per heavy atom. The van der Waals surface area contributed by atoms with Crippen molar-refractivity contribution in [3.8, 4) is 0 Å². The fourth-order valence-corrected chi connectivity index (χ4v) is 3.23. The largest absolute Gasteiger partial charge is 0.384 e. The predicted molar refractivity (Wildman–Crippen MR) is 74.0 cm³/mol. The molecule has 0 spiro atoms. The SMILES string of the molecule is COCC1CCN(c2cccc3c2CCNC3)C1. The summed E-state index contributed by atoms with van der Waals surface area (Å²) in [5.41, 5.74) is 4.51. The Balaban J connectivity index is 1.80. The van der Waals surface area contributed by atoms with E-state index in [1.54, 1.807) is 12.7 Å². The number of benzene rings is 1. The highest BCUT2D eigenvalue weighted by Gasteiger charge is 2.25. The lowest BCUT2D eigenvalue weighted by atomic mass is 9.98. The van der Waals surface area contributed by atoms with Gasteiger partial charge in [0.25, 0.3) is 0 Å². The first-order chi connectivity index (χ1) is 8.88. The summed E-state index contributed by atoms with van der Waals surface area (Å²) in [7, 11) is 1.80. The summed E-state index contributed by atoms with van der Waals surface area (Å²) < 4.78 is 5.29. The maximum Gasteiger partial charge on any atom is 0.0508 e. The summed E-state index contributed by atoms with van der Waals surface area (Å²) in [6, 6.07) is 6.75. The lowest BCUT2D eigenvalue weighted by molar-refractivity contribution is 0.161. The summed E-state index contributed by atoms with van der Waals surface area (Å²) in [5, 5.41) is 3.45. The number of rotatable bonds is 3. The van der Waals surface area contributed by atoms with Gasteiger partial charge in [0.1, 0.15) is 0 Å². The number of hydrogen-bond acceptors (Lipinski definition) is 3. The molecule has 2 heterocycles. The van der Waals surface area contributed by atoms with Crippen LogP contribution >= 0.6 is 0 Å². The van der Waals surface area contributed by atoms with E-state index in [1.165, 1.54) is 24.2 Å². The van der Waals surface area contributed by atoms with Gasteiger partial charge in [-0.1, -0.05) is 12.1 Å². The second kappa shape index (κ2) is 5.29. The van der Waals surface area contributed by atoms with Crippen LogP contribution in [0.5, 0.6) is 0 Å². The van der Waals surface area contributed by atoms with E-state index in [4.69, 9.17) is 4.74 Å². The summed E-state index contributed by atoms with van der Waals surface area (Å²) >= 11 is 0. The number of fused-ring (bicyclic) bond motifs is 1. The Hall–Kier alpha value is -1.06. The molecule has 2 aliphatic rings. The predicted octanol–water partition coefficient (Wildman–Crippen LogP) is 1.81. The maximum absolute atomic E-state index is 5.29. The fraction of sp³-hybridized carbons (Fsp3) is 0.600. The Bertz CT molecular complexity index is 419. The van der Waals surface area contributed by atoms with Crippen molar-refractivity contribution in [2.75, 3.05) is 38.3 Å². The van der Waals surface area contributed by atoms with Crippen LogP contribution < -0.4 is 10.2 Å². The van der Waals surface area contributed by atoms with E-state index in [0.29, 0.717) is 5.92 Å². The molecule has 0 saturated carbocycles. The van der Waals surface area contributed by atoms with Crippen molar-refractivity contribution < 1.29 is 4.74 Å². The Kier molecular flexibility index (Phi) is 3.52. The molecule has 0 amide bonds. The zero-order chi connectivity index (χ0) is 12.4. The number of methoxy groups -OCH3 is 1. The molecule has 2 aliphatic heterocycles. The monoisotopic (exact) mass is 246 g/mol. The normalized spacial score (nSPS) is 23.2. The van der Waals surface area contributed by atoms with Crippen LogP contribution in [0.2, 0.25) is 0 Å². The van der Waals surface area contributed by atoms with E-state index in [1.807, 2.05) is 0 Å². The molecule has 1 fully saturated rings. The van der Waals surface area contributed by atoms with Crippen LogP contribution in [0.15, 0.2) is 18.2 Å². The number of ether oxygens (including phenoxy) is 1. The molecule has 0 bridgehead atoms. The third-order valence-electron chi connectivity index (χ3n) is 4.14. The molecule has 1 saturated heterocycles. The van der Waals surface area contributed by atoms with Gasteiger partial charge in [0, 0.05) is 38.3 Å².